The molecule has 1 aromatic rings. The van der Waals surface area contributed by atoms with Crippen molar-refractivity contribution >= 4 is 28.2 Å². The molecule has 1 amide bonds. The molecule has 0 bridgehead atoms. The molecule has 0 spiro atoms. The van der Waals surface area contributed by atoms with Crippen LogP contribution in [0, 0.1) is 5.92 Å². The second kappa shape index (κ2) is 4.92. The van der Waals surface area contributed by atoms with Crippen LogP contribution in [0.2, 0.25) is 0 Å². The molecule has 0 saturated carbocycles. The average molecular weight is 279 g/mol. The van der Waals surface area contributed by atoms with Crippen molar-refractivity contribution in [1.29, 1.82) is 0 Å². The molecule has 3 rings (SSSR count). The van der Waals surface area contributed by atoms with Gasteiger partial charge in [0.05, 0.1) is 0 Å². The highest BCUT2D eigenvalue weighted by Gasteiger charge is 2.34. The number of carbonyl (C=O) groups is 2. The Balaban J connectivity index is 1.70. The summed E-state index contributed by atoms with van der Waals surface area (Å²) in [7, 11) is 0. The number of Topliss-reactive ketones (excluding diaryl/α,β-unsaturated/α-hetero) is 1. The highest BCUT2D eigenvalue weighted by atomic mass is 32.1. The molecule has 19 heavy (non-hydrogen) atoms. The fourth-order valence-corrected chi connectivity index (χ4v) is 3.76. The summed E-state index contributed by atoms with van der Waals surface area (Å²) in [5.41, 5.74) is 0.555. The molecule has 2 atom stereocenters. The number of rotatable bonds is 2. The molecule has 5 nitrogen and oxygen atoms in total. The number of nitrogens with one attached hydrogen (secondary N) is 1. The number of nitrogens with zero attached hydrogens (tertiary/aromatic N) is 2. The van der Waals surface area contributed by atoms with E-state index in [0.29, 0.717) is 24.1 Å². The number of ketones is 1. The van der Waals surface area contributed by atoms with Gasteiger partial charge in [-0.3, -0.25) is 9.59 Å². The van der Waals surface area contributed by atoms with E-state index >= 15 is 0 Å². The number of amides is 1. The first-order valence-electron chi connectivity index (χ1n) is 6.64. The second-order valence-corrected chi connectivity index (χ2v) is 6.12. The van der Waals surface area contributed by atoms with E-state index in [1.54, 1.807) is 6.92 Å². The quantitative estimate of drug-likeness (QED) is 0.832. The first-order chi connectivity index (χ1) is 9.13. The van der Waals surface area contributed by atoms with Crippen LogP contribution in [0.3, 0.4) is 0 Å². The van der Waals surface area contributed by atoms with Crippen molar-refractivity contribution in [3.63, 3.8) is 0 Å². The van der Waals surface area contributed by atoms with E-state index in [1.807, 2.05) is 5.38 Å². The Morgan fingerprint density at radius 3 is 3.11 bits per heavy atom. The Morgan fingerprint density at radius 1 is 1.53 bits per heavy atom. The minimum Gasteiger partial charge on any atom is -0.353 e. The van der Waals surface area contributed by atoms with Gasteiger partial charge in [-0.2, -0.15) is 0 Å². The van der Waals surface area contributed by atoms with E-state index in [-0.39, 0.29) is 11.7 Å². The minimum atomic E-state index is 0.0160. The van der Waals surface area contributed by atoms with Crippen LogP contribution in [0.25, 0.3) is 0 Å². The summed E-state index contributed by atoms with van der Waals surface area (Å²) in [6, 6.07) is 0.324. The summed E-state index contributed by atoms with van der Waals surface area (Å²) in [6.45, 7) is 3.36. The molecule has 1 aromatic heterocycles. The van der Waals surface area contributed by atoms with Gasteiger partial charge >= 0.3 is 0 Å². The molecule has 2 unspecified atom stereocenters. The summed E-state index contributed by atoms with van der Waals surface area (Å²) < 4.78 is 0. The highest BCUT2D eigenvalue weighted by Crippen LogP contribution is 2.30. The Kier molecular flexibility index (Phi) is 3.26. The van der Waals surface area contributed by atoms with Crippen LogP contribution in [0.1, 0.15) is 36.7 Å². The number of fused-ring (bicyclic) bond motifs is 1. The Bertz CT molecular complexity index is 514. The lowest BCUT2D eigenvalue weighted by atomic mass is 9.85. The molecule has 2 fully saturated rings. The number of anilines is 1. The first-order valence-corrected chi connectivity index (χ1v) is 7.52. The Morgan fingerprint density at radius 2 is 2.37 bits per heavy atom. The van der Waals surface area contributed by atoms with Crippen molar-refractivity contribution in [2.24, 2.45) is 5.92 Å². The maximum atomic E-state index is 11.4. The molecule has 0 radical (unpaired) electrons. The predicted octanol–water partition coefficient (Wildman–Crippen LogP) is 1.45. The van der Waals surface area contributed by atoms with E-state index in [9.17, 15) is 9.59 Å². The lowest BCUT2D eigenvalue weighted by Crippen LogP contribution is -2.54. The molecule has 6 heteroatoms. The molecule has 102 valence electrons. The van der Waals surface area contributed by atoms with Gasteiger partial charge in [-0.05, 0) is 18.8 Å². The van der Waals surface area contributed by atoms with Crippen molar-refractivity contribution in [2.45, 2.75) is 32.2 Å². The van der Waals surface area contributed by atoms with E-state index in [2.05, 4.69) is 15.2 Å². The zero-order chi connectivity index (χ0) is 13.4. The average Bonchev–Trinajstić information content (AvgIpc) is 2.88. The lowest BCUT2D eigenvalue weighted by Gasteiger charge is -2.41. The molecule has 2 aliphatic rings. The maximum absolute atomic E-state index is 11.4. The van der Waals surface area contributed by atoms with Crippen LogP contribution in [0.4, 0.5) is 5.13 Å². The van der Waals surface area contributed by atoms with E-state index < -0.39 is 0 Å². The SMILES string of the molecule is CC(=O)c1csc(N2CCC3NC(=O)CCC3C2)n1. The van der Waals surface area contributed by atoms with Gasteiger partial charge < -0.3 is 10.2 Å². The Labute approximate surface area is 116 Å². The molecule has 0 aromatic carbocycles. The van der Waals surface area contributed by atoms with Crippen LogP contribution in [-0.2, 0) is 4.79 Å². The Hall–Kier alpha value is -1.43. The molecule has 1 N–H and O–H groups in total. The van der Waals surface area contributed by atoms with Crippen LogP contribution >= 0.6 is 11.3 Å². The fraction of sp³-hybridized carbons (Fsp3) is 0.615. The largest absolute Gasteiger partial charge is 0.353 e. The van der Waals surface area contributed by atoms with Gasteiger partial charge in [0.15, 0.2) is 10.9 Å². The number of piperidine rings is 2. The lowest BCUT2D eigenvalue weighted by molar-refractivity contribution is -0.124. The van der Waals surface area contributed by atoms with E-state index in [0.717, 1.165) is 31.1 Å². The minimum absolute atomic E-state index is 0.0160. The predicted molar refractivity (Wildman–Crippen MR) is 73.6 cm³/mol. The number of carbonyl (C=O) groups excluding carboxylic acids is 2. The van der Waals surface area contributed by atoms with Crippen LogP contribution in [0.5, 0.6) is 0 Å². The van der Waals surface area contributed by atoms with Crippen molar-refractivity contribution in [2.75, 3.05) is 18.0 Å². The van der Waals surface area contributed by atoms with E-state index in [1.165, 1.54) is 11.3 Å². The molecule has 2 saturated heterocycles. The summed E-state index contributed by atoms with van der Waals surface area (Å²) in [5.74, 6) is 0.709. The van der Waals surface area contributed by atoms with Crippen LogP contribution < -0.4 is 10.2 Å². The normalized spacial score (nSPS) is 26.8. The monoisotopic (exact) mass is 279 g/mol. The third-order valence-corrected chi connectivity index (χ3v) is 4.85. The van der Waals surface area contributed by atoms with Gasteiger partial charge in [0.2, 0.25) is 5.91 Å². The molecular weight excluding hydrogens is 262 g/mol. The van der Waals surface area contributed by atoms with Gasteiger partial charge in [0, 0.05) is 37.9 Å². The van der Waals surface area contributed by atoms with Gasteiger partial charge in [-0.1, -0.05) is 0 Å². The van der Waals surface area contributed by atoms with Gasteiger partial charge in [-0.25, -0.2) is 4.98 Å². The second-order valence-electron chi connectivity index (χ2n) is 5.28. The smallest absolute Gasteiger partial charge is 0.220 e. The standard InChI is InChI=1S/C13H17N3O2S/c1-8(17)11-7-19-13(15-11)16-5-4-10-9(6-16)2-3-12(18)14-10/h7,9-10H,2-6H2,1H3,(H,14,18). The summed E-state index contributed by atoms with van der Waals surface area (Å²) in [4.78, 5) is 29.3. The van der Waals surface area contributed by atoms with Crippen LogP contribution in [0.15, 0.2) is 5.38 Å². The van der Waals surface area contributed by atoms with E-state index in [4.69, 9.17) is 0 Å². The molecule has 3 heterocycles. The zero-order valence-electron chi connectivity index (χ0n) is 10.9. The summed E-state index contributed by atoms with van der Waals surface area (Å²) >= 11 is 1.53. The first kappa shape index (κ1) is 12.6. The third-order valence-electron chi connectivity index (χ3n) is 3.95. The van der Waals surface area contributed by atoms with Gasteiger partial charge in [-0.15, -0.1) is 11.3 Å². The molecular formula is C13H17N3O2S. The van der Waals surface area contributed by atoms with Crippen molar-refractivity contribution in [1.82, 2.24) is 10.3 Å². The number of hydrogen-bond acceptors (Lipinski definition) is 5. The van der Waals surface area contributed by atoms with Crippen molar-refractivity contribution in [3.8, 4) is 0 Å². The summed E-state index contributed by atoms with van der Waals surface area (Å²) in [6.07, 6.45) is 2.55. The van der Waals surface area contributed by atoms with Crippen molar-refractivity contribution < 1.29 is 9.59 Å². The van der Waals surface area contributed by atoms with Crippen LogP contribution in [-0.4, -0.2) is 35.8 Å². The van der Waals surface area contributed by atoms with Gasteiger partial charge in [0.25, 0.3) is 0 Å². The fourth-order valence-electron chi connectivity index (χ4n) is 2.86. The van der Waals surface area contributed by atoms with Gasteiger partial charge in [0.1, 0.15) is 5.69 Å². The molecule has 0 aliphatic carbocycles. The number of hydrogen-bond donors (Lipinski definition) is 1. The highest BCUT2D eigenvalue weighted by molar-refractivity contribution is 7.13. The number of thiazole rings is 1. The maximum Gasteiger partial charge on any atom is 0.220 e. The third kappa shape index (κ3) is 2.49. The summed E-state index contributed by atoms with van der Waals surface area (Å²) in [5, 5.41) is 5.83. The number of aromatic nitrogens is 1. The zero-order valence-corrected chi connectivity index (χ0v) is 11.7. The van der Waals surface area contributed by atoms with Crippen molar-refractivity contribution in [3.05, 3.63) is 11.1 Å². The topological polar surface area (TPSA) is 62.3 Å². The molecule has 2 aliphatic heterocycles.